The normalized spacial score (nSPS) is 11.4. The largest absolute Gasteiger partial charge is 0.351 e. The predicted octanol–water partition coefficient (Wildman–Crippen LogP) is 3.24. The molecule has 0 aliphatic carbocycles. The number of carbonyl (C=O) groups excluding carboxylic acids is 1. The average molecular weight is 318 g/mol. The molecular formula is C14H21Cl2N3O. The Labute approximate surface area is 130 Å². The second-order valence-corrected chi connectivity index (χ2v) is 5.96. The van der Waals surface area contributed by atoms with Crippen molar-refractivity contribution in [2.75, 3.05) is 13.1 Å². The molecule has 0 bridgehead atoms. The molecule has 0 saturated heterocycles. The molecule has 1 heterocycles. The van der Waals surface area contributed by atoms with Gasteiger partial charge in [0.1, 0.15) is 10.3 Å². The summed E-state index contributed by atoms with van der Waals surface area (Å²) in [6, 6.07) is 3.89. The van der Waals surface area contributed by atoms with E-state index < -0.39 is 0 Å². The van der Waals surface area contributed by atoms with Gasteiger partial charge in [-0.2, -0.15) is 0 Å². The van der Waals surface area contributed by atoms with Gasteiger partial charge in [-0.05, 0) is 39.8 Å². The third kappa shape index (κ3) is 5.27. The van der Waals surface area contributed by atoms with Crippen LogP contribution in [-0.4, -0.2) is 41.0 Å². The minimum absolute atomic E-state index is 0.191. The number of aromatic nitrogens is 1. The second kappa shape index (κ2) is 7.81. The van der Waals surface area contributed by atoms with Crippen molar-refractivity contribution >= 4 is 29.1 Å². The Morgan fingerprint density at radius 3 is 2.15 bits per heavy atom. The highest BCUT2D eigenvalue weighted by atomic mass is 35.5. The van der Waals surface area contributed by atoms with Crippen LogP contribution in [0.3, 0.4) is 0 Å². The molecule has 4 nitrogen and oxygen atoms in total. The fraction of sp³-hybridized carbons (Fsp3) is 0.571. The monoisotopic (exact) mass is 317 g/mol. The van der Waals surface area contributed by atoms with Gasteiger partial charge >= 0.3 is 0 Å². The van der Waals surface area contributed by atoms with E-state index in [9.17, 15) is 4.79 Å². The first-order valence-electron chi connectivity index (χ1n) is 6.68. The van der Waals surface area contributed by atoms with Crippen LogP contribution < -0.4 is 5.32 Å². The van der Waals surface area contributed by atoms with E-state index in [0.717, 1.165) is 6.54 Å². The SMILES string of the molecule is CC(C)N(CCNC(=O)c1cc(Cl)nc(Cl)c1)C(C)C. The van der Waals surface area contributed by atoms with Gasteiger partial charge in [-0.25, -0.2) is 4.98 Å². The summed E-state index contributed by atoms with van der Waals surface area (Å²) < 4.78 is 0. The van der Waals surface area contributed by atoms with Crippen molar-refractivity contribution in [1.29, 1.82) is 0 Å². The second-order valence-electron chi connectivity index (χ2n) is 5.18. The van der Waals surface area contributed by atoms with Crippen LogP contribution in [0.4, 0.5) is 0 Å². The molecule has 112 valence electrons. The van der Waals surface area contributed by atoms with Gasteiger partial charge in [0.15, 0.2) is 0 Å². The highest BCUT2D eigenvalue weighted by Gasteiger charge is 2.14. The maximum Gasteiger partial charge on any atom is 0.251 e. The fourth-order valence-electron chi connectivity index (χ4n) is 2.11. The summed E-state index contributed by atoms with van der Waals surface area (Å²) in [5.41, 5.74) is 0.427. The van der Waals surface area contributed by atoms with E-state index in [1.54, 1.807) is 0 Å². The number of pyridine rings is 1. The van der Waals surface area contributed by atoms with Crippen molar-refractivity contribution in [2.45, 2.75) is 39.8 Å². The van der Waals surface area contributed by atoms with Gasteiger partial charge in [0.25, 0.3) is 5.91 Å². The van der Waals surface area contributed by atoms with E-state index >= 15 is 0 Å². The Balaban J connectivity index is 2.55. The quantitative estimate of drug-likeness (QED) is 0.819. The minimum atomic E-state index is -0.191. The fourth-order valence-corrected chi connectivity index (χ4v) is 2.57. The smallest absolute Gasteiger partial charge is 0.251 e. The molecule has 0 aliphatic heterocycles. The van der Waals surface area contributed by atoms with Crippen LogP contribution in [0.25, 0.3) is 0 Å². The molecule has 0 unspecified atom stereocenters. The molecule has 1 rings (SSSR count). The molecule has 0 radical (unpaired) electrons. The van der Waals surface area contributed by atoms with Crippen molar-refractivity contribution in [3.8, 4) is 0 Å². The van der Waals surface area contributed by atoms with Gasteiger partial charge in [-0.15, -0.1) is 0 Å². The highest BCUT2D eigenvalue weighted by molar-refractivity contribution is 6.33. The molecule has 1 aromatic rings. The average Bonchev–Trinajstić information content (AvgIpc) is 2.32. The van der Waals surface area contributed by atoms with E-state index in [4.69, 9.17) is 23.2 Å². The molecule has 1 N–H and O–H groups in total. The van der Waals surface area contributed by atoms with Gasteiger partial charge in [0.2, 0.25) is 0 Å². The zero-order chi connectivity index (χ0) is 15.3. The van der Waals surface area contributed by atoms with E-state index in [1.165, 1.54) is 12.1 Å². The van der Waals surface area contributed by atoms with Crippen LogP contribution in [0.2, 0.25) is 10.3 Å². The highest BCUT2D eigenvalue weighted by Crippen LogP contribution is 2.14. The summed E-state index contributed by atoms with van der Waals surface area (Å²) in [5, 5.41) is 3.30. The van der Waals surface area contributed by atoms with Crippen LogP contribution in [0.1, 0.15) is 38.1 Å². The molecule has 0 aliphatic rings. The Hall–Kier alpha value is -0.840. The number of hydrogen-bond acceptors (Lipinski definition) is 3. The lowest BCUT2D eigenvalue weighted by molar-refractivity contribution is 0.0939. The van der Waals surface area contributed by atoms with Crippen molar-refractivity contribution in [3.63, 3.8) is 0 Å². The molecule has 0 atom stereocenters. The first kappa shape index (κ1) is 17.2. The number of halogens is 2. The third-order valence-corrected chi connectivity index (χ3v) is 3.39. The van der Waals surface area contributed by atoms with Gasteiger partial charge in [0.05, 0.1) is 0 Å². The molecule has 1 aromatic heterocycles. The van der Waals surface area contributed by atoms with Gasteiger partial charge in [-0.3, -0.25) is 9.69 Å². The van der Waals surface area contributed by atoms with E-state index in [0.29, 0.717) is 24.2 Å². The summed E-state index contributed by atoms with van der Waals surface area (Å²) in [4.78, 5) is 18.1. The molecule has 0 saturated carbocycles. The van der Waals surface area contributed by atoms with Crippen LogP contribution >= 0.6 is 23.2 Å². The number of rotatable bonds is 6. The Bertz CT molecular complexity index is 435. The van der Waals surface area contributed by atoms with E-state index in [2.05, 4.69) is 42.9 Å². The van der Waals surface area contributed by atoms with E-state index in [-0.39, 0.29) is 16.2 Å². The Morgan fingerprint density at radius 2 is 1.70 bits per heavy atom. The molecular weight excluding hydrogens is 297 g/mol. The summed E-state index contributed by atoms with van der Waals surface area (Å²) in [6.07, 6.45) is 0. The van der Waals surface area contributed by atoms with Gasteiger partial charge in [0, 0.05) is 30.7 Å². The first-order valence-corrected chi connectivity index (χ1v) is 7.44. The minimum Gasteiger partial charge on any atom is -0.351 e. The van der Waals surface area contributed by atoms with Crippen molar-refractivity contribution in [3.05, 3.63) is 28.0 Å². The molecule has 6 heteroatoms. The van der Waals surface area contributed by atoms with Crippen molar-refractivity contribution < 1.29 is 4.79 Å². The summed E-state index contributed by atoms with van der Waals surface area (Å²) in [7, 11) is 0. The Morgan fingerprint density at radius 1 is 1.20 bits per heavy atom. The molecule has 0 aromatic carbocycles. The number of nitrogens with one attached hydrogen (secondary N) is 1. The molecule has 0 spiro atoms. The summed E-state index contributed by atoms with van der Waals surface area (Å²) in [6.45, 7) is 9.95. The molecule has 20 heavy (non-hydrogen) atoms. The van der Waals surface area contributed by atoms with Gasteiger partial charge < -0.3 is 5.32 Å². The maximum atomic E-state index is 12.0. The maximum absolute atomic E-state index is 12.0. The van der Waals surface area contributed by atoms with Crippen LogP contribution in [0, 0.1) is 0 Å². The third-order valence-electron chi connectivity index (χ3n) is 3.01. The lowest BCUT2D eigenvalue weighted by Gasteiger charge is -2.30. The van der Waals surface area contributed by atoms with Gasteiger partial charge in [-0.1, -0.05) is 23.2 Å². The van der Waals surface area contributed by atoms with Crippen LogP contribution in [0.15, 0.2) is 12.1 Å². The van der Waals surface area contributed by atoms with E-state index in [1.807, 2.05) is 0 Å². The predicted molar refractivity (Wildman–Crippen MR) is 83.6 cm³/mol. The first-order chi connectivity index (χ1) is 9.31. The number of carbonyl (C=O) groups is 1. The zero-order valence-corrected chi connectivity index (χ0v) is 13.8. The standard InChI is InChI=1S/C14H21Cl2N3O/c1-9(2)19(10(3)4)6-5-17-14(20)11-7-12(15)18-13(16)8-11/h7-10H,5-6H2,1-4H3,(H,17,20). The topological polar surface area (TPSA) is 45.2 Å². The lowest BCUT2D eigenvalue weighted by Crippen LogP contribution is -2.42. The van der Waals surface area contributed by atoms with Crippen molar-refractivity contribution in [2.24, 2.45) is 0 Å². The van der Waals surface area contributed by atoms with Crippen molar-refractivity contribution in [1.82, 2.24) is 15.2 Å². The van der Waals surface area contributed by atoms with Crippen LogP contribution in [-0.2, 0) is 0 Å². The lowest BCUT2D eigenvalue weighted by atomic mass is 10.2. The zero-order valence-electron chi connectivity index (χ0n) is 12.3. The molecule has 1 amide bonds. The van der Waals surface area contributed by atoms with Crippen LogP contribution in [0.5, 0.6) is 0 Å². The summed E-state index contributed by atoms with van der Waals surface area (Å²) >= 11 is 11.6. The Kier molecular flexibility index (Phi) is 6.72. The number of amides is 1. The summed E-state index contributed by atoms with van der Waals surface area (Å²) in [5.74, 6) is -0.191. The number of hydrogen-bond donors (Lipinski definition) is 1. The number of nitrogens with zero attached hydrogens (tertiary/aromatic N) is 2. The molecule has 0 fully saturated rings.